The van der Waals surface area contributed by atoms with Crippen molar-refractivity contribution in [3.05, 3.63) is 34.1 Å². The summed E-state index contributed by atoms with van der Waals surface area (Å²) in [7, 11) is 0. The van der Waals surface area contributed by atoms with Crippen LogP contribution in [0.15, 0.2) is 22.7 Å². The van der Waals surface area contributed by atoms with Crippen molar-refractivity contribution in [2.24, 2.45) is 0 Å². The van der Waals surface area contributed by atoms with Gasteiger partial charge in [-0.3, -0.25) is 4.90 Å². The van der Waals surface area contributed by atoms with Crippen LogP contribution in [0.4, 0.5) is 4.39 Å². The van der Waals surface area contributed by atoms with E-state index in [0.717, 1.165) is 23.1 Å². The summed E-state index contributed by atoms with van der Waals surface area (Å²) >= 11 is 3.36. The van der Waals surface area contributed by atoms with Crippen LogP contribution >= 0.6 is 15.9 Å². The second kappa shape index (κ2) is 6.67. The van der Waals surface area contributed by atoms with Gasteiger partial charge in [0, 0.05) is 17.1 Å². The molecule has 1 aromatic carbocycles. The van der Waals surface area contributed by atoms with Crippen LogP contribution in [0, 0.1) is 5.82 Å². The minimum Gasteiger partial charge on any atom is -0.296 e. The highest BCUT2D eigenvalue weighted by Crippen LogP contribution is 2.24. The number of hydrogen-bond acceptors (Lipinski definition) is 1. The Bertz CT molecular complexity index is 368. The SMILES string of the molecule is CCN(Cc1cc(F)cc(Br)c1)C1CCCCC1. The van der Waals surface area contributed by atoms with Crippen LogP contribution in [-0.4, -0.2) is 17.5 Å². The molecule has 3 heteroatoms. The average molecular weight is 314 g/mol. The summed E-state index contributed by atoms with van der Waals surface area (Å²) < 4.78 is 14.2. The first-order chi connectivity index (χ1) is 8.69. The zero-order chi connectivity index (χ0) is 13.0. The average Bonchev–Trinajstić information content (AvgIpc) is 2.36. The lowest BCUT2D eigenvalue weighted by atomic mass is 9.94. The van der Waals surface area contributed by atoms with Gasteiger partial charge < -0.3 is 0 Å². The summed E-state index contributed by atoms with van der Waals surface area (Å²) in [6.45, 7) is 4.10. The Kier molecular flexibility index (Phi) is 5.19. The van der Waals surface area contributed by atoms with Gasteiger partial charge in [-0.25, -0.2) is 4.39 Å². The molecule has 0 unspecified atom stereocenters. The number of rotatable bonds is 4. The predicted octanol–water partition coefficient (Wildman–Crippen LogP) is 4.74. The fraction of sp³-hybridized carbons (Fsp3) is 0.600. The number of hydrogen-bond donors (Lipinski definition) is 0. The molecule has 0 atom stereocenters. The quantitative estimate of drug-likeness (QED) is 0.776. The molecular weight excluding hydrogens is 293 g/mol. The summed E-state index contributed by atoms with van der Waals surface area (Å²) in [5.41, 5.74) is 1.06. The molecule has 18 heavy (non-hydrogen) atoms. The lowest BCUT2D eigenvalue weighted by molar-refractivity contribution is 0.156. The first-order valence-electron chi connectivity index (χ1n) is 6.88. The van der Waals surface area contributed by atoms with E-state index in [9.17, 15) is 4.39 Å². The van der Waals surface area contributed by atoms with Crippen molar-refractivity contribution in [2.45, 2.75) is 51.6 Å². The topological polar surface area (TPSA) is 3.24 Å². The molecule has 0 bridgehead atoms. The van der Waals surface area contributed by atoms with E-state index >= 15 is 0 Å². The monoisotopic (exact) mass is 313 g/mol. The second-order valence-corrected chi connectivity index (χ2v) is 6.05. The van der Waals surface area contributed by atoms with E-state index in [0.29, 0.717) is 6.04 Å². The van der Waals surface area contributed by atoms with Crippen molar-refractivity contribution in [3.63, 3.8) is 0 Å². The Labute approximate surface area is 118 Å². The molecule has 1 aliphatic carbocycles. The van der Waals surface area contributed by atoms with Gasteiger partial charge in [0.05, 0.1) is 0 Å². The number of halogens is 2. The van der Waals surface area contributed by atoms with Gasteiger partial charge in [-0.2, -0.15) is 0 Å². The number of benzene rings is 1. The van der Waals surface area contributed by atoms with Crippen LogP contribution in [0.25, 0.3) is 0 Å². The van der Waals surface area contributed by atoms with E-state index in [-0.39, 0.29) is 5.82 Å². The summed E-state index contributed by atoms with van der Waals surface area (Å²) in [6.07, 6.45) is 6.65. The maximum atomic E-state index is 13.4. The highest BCUT2D eigenvalue weighted by atomic mass is 79.9. The minimum atomic E-state index is -0.154. The van der Waals surface area contributed by atoms with E-state index < -0.39 is 0 Å². The van der Waals surface area contributed by atoms with Gasteiger partial charge >= 0.3 is 0 Å². The van der Waals surface area contributed by atoms with Crippen molar-refractivity contribution < 1.29 is 4.39 Å². The van der Waals surface area contributed by atoms with Crippen LogP contribution in [0.1, 0.15) is 44.6 Å². The molecule has 0 N–H and O–H groups in total. The van der Waals surface area contributed by atoms with E-state index in [1.165, 1.54) is 38.2 Å². The lowest BCUT2D eigenvalue weighted by Crippen LogP contribution is -2.36. The molecule has 0 saturated heterocycles. The fourth-order valence-corrected chi connectivity index (χ4v) is 3.39. The van der Waals surface area contributed by atoms with Gasteiger partial charge in [-0.1, -0.05) is 42.1 Å². The van der Waals surface area contributed by atoms with Crippen LogP contribution in [0.3, 0.4) is 0 Å². The third-order valence-electron chi connectivity index (χ3n) is 3.81. The Morgan fingerprint density at radius 1 is 1.22 bits per heavy atom. The minimum absolute atomic E-state index is 0.154. The molecule has 0 aromatic heterocycles. The lowest BCUT2D eigenvalue weighted by Gasteiger charge is -2.33. The Morgan fingerprint density at radius 3 is 2.56 bits per heavy atom. The zero-order valence-corrected chi connectivity index (χ0v) is 12.5. The van der Waals surface area contributed by atoms with E-state index in [4.69, 9.17) is 0 Å². The van der Waals surface area contributed by atoms with Crippen molar-refractivity contribution in [3.8, 4) is 0 Å². The molecule has 0 radical (unpaired) electrons. The van der Waals surface area contributed by atoms with Crippen molar-refractivity contribution in [2.75, 3.05) is 6.54 Å². The van der Waals surface area contributed by atoms with Crippen LogP contribution < -0.4 is 0 Å². The van der Waals surface area contributed by atoms with Crippen LogP contribution in [0.5, 0.6) is 0 Å². The predicted molar refractivity (Wildman–Crippen MR) is 77.1 cm³/mol. The first-order valence-corrected chi connectivity index (χ1v) is 7.67. The fourth-order valence-electron chi connectivity index (χ4n) is 2.88. The van der Waals surface area contributed by atoms with E-state index in [1.807, 2.05) is 6.07 Å². The maximum Gasteiger partial charge on any atom is 0.124 e. The molecule has 1 aliphatic rings. The Hall–Kier alpha value is -0.410. The van der Waals surface area contributed by atoms with Crippen LogP contribution in [0.2, 0.25) is 0 Å². The summed E-state index contributed by atoms with van der Waals surface area (Å²) in [4.78, 5) is 2.49. The van der Waals surface area contributed by atoms with E-state index in [1.54, 1.807) is 6.07 Å². The van der Waals surface area contributed by atoms with Gasteiger partial charge in [0.2, 0.25) is 0 Å². The standard InChI is InChI=1S/C15H21BrFN/c1-2-18(15-6-4-3-5-7-15)11-12-8-13(16)10-14(17)9-12/h8-10,15H,2-7,11H2,1H3. The second-order valence-electron chi connectivity index (χ2n) is 5.13. The van der Waals surface area contributed by atoms with Crippen molar-refractivity contribution in [1.82, 2.24) is 4.90 Å². The van der Waals surface area contributed by atoms with Gasteiger partial charge in [-0.15, -0.1) is 0 Å². The molecular formula is C15H21BrFN. The Balaban J connectivity index is 2.04. The maximum absolute atomic E-state index is 13.4. The number of nitrogens with zero attached hydrogens (tertiary/aromatic N) is 1. The highest BCUT2D eigenvalue weighted by Gasteiger charge is 2.20. The highest BCUT2D eigenvalue weighted by molar-refractivity contribution is 9.10. The van der Waals surface area contributed by atoms with Gasteiger partial charge in [0.1, 0.15) is 5.82 Å². The largest absolute Gasteiger partial charge is 0.296 e. The van der Waals surface area contributed by atoms with Gasteiger partial charge in [0.25, 0.3) is 0 Å². The molecule has 1 saturated carbocycles. The van der Waals surface area contributed by atoms with Crippen molar-refractivity contribution in [1.29, 1.82) is 0 Å². The van der Waals surface area contributed by atoms with Crippen molar-refractivity contribution >= 4 is 15.9 Å². The molecule has 100 valence electrons. The molecule has 2 rings (SSSR count). The molecule has 1 nitrogen and oxygen atoms in total. The normalized spacial score (nSPS) is 17.3. The molecule has 1 fully saturated rings. The summed E-state index contributed by atoms with van der Waals surface area (Å²) in [5, 5.41) is 0. The van der Waals surface area contributed by atoms with Crippen LogP contribution in [-0.2, 0) is 6.54 Å². The summed E-state index contributed by atoms with van der Waals surface area (Å²) in [5.74, 6) is -0.154. The van der Waals surface area contributed by atoms with Gasteiger partial charge in [0.15, 0.2) is 0 Å². The molecule has 0 amide bonds. The summed E-state index contributed by atoms with van der Waals surface area (Å²) in [6, 6.07) is 5.87. The molecule has 0 spiro atoms. The smallest absolute Gasteiger partial charge is 0.124 e. The molecule has 0 aliphatic heterocycles. The molecule has 0 heterocycles. The third kappa shape index (κ3) is 3.79. The first kappa shape index (κ1) is 14.0. The zero-order valence-electron chi connectivity index (χ0n) is 11.0. The molecule has 1 aromatic rings. The third-order valence-corrected chi connectivity index (χ3v) is 4.26. The van der Waals surface area contributed by atoms with E-state index in [2.05, 4.69) is 27.8 Å². The Morgan fingerprint density at radius 2 is 1.94 bits per heavy atom. The van der Waals surface area contributed by atoms with Gasteiger partial charge in [-0.05, 0) is 43.1 Å².